The third kappa shape index (κ3) is 4.35. The molecule has 0 aliphatic rings. The molecule has 0 saturated carbocycles. The molecule has 1 aromatic heterocycles. The van der Waals surface area contributed by atoms with Crippen molar-refractivity contribution < 1.29 is 19.4 Å². The number of amides is 1. The van der Waals surface area contributed by atoms with Gasteiger partial charge in [0, 0.05) is 13.5 Å². The molecule has 24 heavy (non-hydrogen) atoms. The van der Waals surface area contributed by atoms with Crippen LogP contribution in [0.2, 0.25) is 0 Å². The number of carboxylic acid groups (broad SMARTS) is 1. The van der Waals surface area contributed by atoms with Gasteiger partial charge in [-0.1, -0.05) is 30.3 Å². The molecule has 1 heterocycles. The molecule has 0 aliphatic carbocycles. The van der Waals surface area contributed by atoms with Crippen molar-refractivity contribution in [3.05, 3.63) is 41.7 Å². The molecule has 2 N–H and O–H groups in total. The number of tetrazole rings is 1. The fraction of sp³-hybridized carbons (Fsp3) is 0.400. The number of carbonyl (C=O) groups excluding carboxylic acids is 1. The number of nitrogens with zero attached hydrogens (tertiary/aromatic N) is 4. The summed E-state index contributed by atoms with van der Waals surface area (Å²) >= 11 is 0. The maximum atomic E-state index is 12.6. The first-order valence-corrected chi connectivity index (χ1v) is 7.33. The molecule has 2 rings (SSSR count). The van der Waals surface area contributed by atoms with E-state index in [-0.39, 0.29) is 6.61 Å². The molecule has 0 aliphatic heterocycles. The van der Waals surface area contributed by atoms with Gasteiger partial charge in [0.25, 0.3) is 0 Å². The van der Waals surface area contributed by atoms with Gasteiger partial charge in [0.15, 0.2) is 6.04 Å². The van der Waals surface area contributed by atoms with Crippen LogP contribution in [0.15, 0.2) is 30.3 Å². The molecule has 9 nitrogen and oxygen atoms in total. The SMILES string of the molecule is COCC(NC(=O)C(Cc1ccccc1)n1nnnc1C)C(=O)O. The highest BCUT2D eigenvalue weighted by molar-refractivity contribution is 5.86. The van der Waals surface area contributed by atoms with Gasteiger partial charge in [0.05, 0.1) is 6.61 Å². The first-order valence-electron chi connectivity index (χ1n) is 7.33. The lowest BCUT2D eigenvalue weighted by atomic mass is 10.0. The maximum absolute atomic E-state index is 12.6. The largest absolute Gasteiger partial charge is 0.480 e. The van der Waals surface area contributed by atoms with Crippen molar-refractivity contribution in [2.75, 3.05) is 13.7 Å². The third-order valence-corrected chi connectivity index (χ3v) is 3.48. The van der Waals surface area contributed by atoms with Gasteiger partial charge in [0.1, 0.15) is 11.9 Å². The number of carboxylic acids is 1. The second kappa shape index (κ2) is 8.16. The van der Waals surface area contributed by atoms with Gasteiger partial charge in [-0.25, -0.2) is 9.48 Å². The Balaban J connectivity index is 2.23. The van der Waals surface area contributed by atoms with Crippen LogP contribution in [-0.2, 0) is 20.7 Å². The Morgan fingerprint density at radius 2 is 2.04 bits per heavy atom. The number of ether oxygens (including phenoxy) is 1. The Kier molecular flexibility index (Phi) is 5.96. The van der Waals surface area contributed by atoms with Crippen molar-refractivity contribution in [3.63, 3.8) is 0 Å². The van der Waals surface area contributed by atoms with Crippen molar-refractivity contribution in [3.8, 4) is 0 Å². The van der Waals surface area contributed by atoms with Gasteiger partial charge >= 0.3 is 5.97 Å². The van der Waals surface area contributed by atoms with Gasteiger partial charge in [-0.2, -0.15) is 0 Å². The van der Waals surface area contributed by atoms with Crippen LogP contribution in [0.1, 0.15) is 17.4 Å². The number of hydrogen-bond donors (Lipinski definition) is 2. The number of aromatic nitrogens is 4. The summed E-state index contributed by atoms with van der Waals surface area (Å²) in [6, 6.07) is 7.45. The van der Waals surface area contributed by atoms with Crippen molar-refractivity contribution in [2.45, 2.75) is 25.4 Å². The number of hydrogen-bond acceptors (Lipinski definition) is 6. The molecular weight excluding hydrogens is 314 g/mol. The smallest absolute Gasteiger partial charge is 0.328 e. The molecule has 0 bridgehead atoms. The highest BCUT2D eigenvalue weighted by atomic mass is 16.5. The molecule has 9 heteroatoms. The van der Waals surface area contributed by atoms with Crippen LogP contribution >= 0.6 is 0 Å². The summed E-state index contributed by atoms with van der Waals surface area (Å²) < 4.78 is 6.22. The summed E-state index contributed by atoms with van der Waals surface area (Å²) in [5, 5.41) is 22.8. The predicted molar refractivity (Wildman–Crippen MR) is 83.2 cm³/mol. The highest BCUT2D eigenvalue weighted by Gasteiger charge is 2.28. The number of aryl methyl sites for hydroxylation is 1. The van der Waals surface area contributed by atoms with E-state index < -0.39 is 24.0 Å². The average Bonchev–Trinajstić information content (AvgIpc) is 2.98. The molecule has 2 unspecified atom stereocenters. The summed E-state index contributed by atoms with van der Waals surface area (Å²) in [6.45, 7) is 1.54. The van der Waals surface area contributed by atoms with Crippen LogP contribution in [0.4, 0.5) is 0 Å². The van der Waals surface area contributed by atoms with E-state index in [4.69, 9.17) is 9.84 Å². The molecule has 2 aromatic rings. The predicted octanol–water partition coefficient (Wildman–Crippen LogP) is -0.0189. The van der Waals surface area contributed by atoms with Crippen molar-refractivity contribution in [1.29, 1.82) is 0 Å². The van der Waals surface area contributed by atoms with Crippen molar-refractivity contribution in [2.24, 2.45) is 0 Å². The molecular formula is C15H19N5O4. The monoisotopic (exact) mass is 333 g/mol. The summed E-state index contributed by atoms with van der Waals surface area (Å²) in [5.41, 5.74) is 0.908. The van der Waals surface area contributed by atoms with Crippen LogP contribution in [-0.4, -0.2) is 56.9 Å². The van der Waals surface area contributed by atoms with E-state index >= 15 is 0 Å². The van der Waals surface area contributed by atoms with Crippen LogP contribution < -0.4 is 5.32 Å². The van der Waals surface area contributed by atoms with E-state index in [2.05, 4.69) is 20.8 Å². The molecule has 1 amide bonds. The van der Waals surface area contributed by atoms with E-state index in [1.165, 1.54) is 11.8 Å². The number of carbonyl (C=O) groups is 2. The normalized spacial score (nSPS) is 13.2. The van der Waals surface area contributed by atoms with E-state index in [1.54, 1.807) is 6.92 Å². The highest BCUT2D eigenvalue weighted by Crippen LogP contribution is 2.15. The first-order chi connectivity index (χ1) is 11.5. The number of rotatable bonds is 8. The van der Waals surface area contributed by atoms with E-state index in [1.807, 2.05) is 30.3 Å². The number of nitrogens with one attached hydrogen (secondary N) is 1. The summed E-state index contributed by atoms with van der Waals surface area (Å²) in [4.78, 5) is 23.9. The van der Waals surface area contributed by atoms with Crippen LogP contribution in [0, 0.1) is 6.92 Å². The van der Waals surface area contributed by atoms with E-state index in [0.29, 0.717) is 12.2 Å². The van der Waals surface area contributed by atoms with Crippen molar-refractivity contribution >= 4 is 11.9 Å². The molecule has 0 spiro atoms. The van der Waals surface area contributed by atoms with Gasteiger partial charge < -0.3 is 15.2 Å². The minimum Gasteiger partial charge on any atom is -0.480 e. The summed E-state index contributed by atoms with van der Waals surface area (Å²) in [6.07, 6.45) is 0.331. The first kappa shape index (κ1) is 17.5. The van der Waals surface area contributed by atoms with Gasteiger partial charge in [-0.15, -0.1) is 5.10 Å². The van der Waals surface area contributed by atoms with E-state index in [9.17, 15) is 9.59 Å². The zero-order valence-corrected chi connectivity index (χ0v) is 13.4. The Labute approximate surface area is 138 Å². The van der Waals surface area contributed by atoms with Gasteiger partial charge in [0.2, 0.25) is 5.91 Å². The lowest BCUT2D eigenvalue weighted by molar-refractivity contribution is -0.143. The standard InChI is InChI=1S/C15H19N5O4/c1-10-17-18-19-20(10)13(8-11-6-4-3-5-7-11)14(21)16-12(9-24-2)15(22)23/h3-7,12-13H,8-9H2,1-2H3,(H,16,21)(H,22,23). The Hall–Kier alpha value is -2.81. The second-order valence-corrected chi connectivity index (χ2v) is 5.23. The van der Waals surface area contributed by atoms with Crippen molar-refractivity contribution in [1.82, 2.24) is 25.5 Å². The number of benzene rings is 1. The summed E-state index contributed by atoms with van der Waals surface area (Å²) in [5.74, 6) is -1.19. The lowest BCUT2D eigenvalue weighted by Gasteiger charge is -2.20. The minimum absolute atomic E-state index is 0.131. The topological polar surface area (TPSA) is 119 Å². The minimum atomic E-state index is -1.17. The third-order valence-electron chi connectivity index (χ3n) is 3.48. The zero-order valence-electron chi connectivity index (χ0n) is 13.4. The molecule has 0 saturated heterocycles. The van der Waals surface area contributed by atoms with Gasteiger partial charge in [-0.05, 0) is 22.9 Å². The molecule has 0 radical (unpaired) electrons. The Bertz CT molecular complexity index is 688. The second-order valence-electron chi connectivity index (χ2n) is 5.23. The Morgan fingerprint density at radius 3 is 2.58 bits per heavy atom. The fourth-order valence-electron chi connectivity index (χ4n) is 2.26. The molecule has 128 valence electrons. The number of aliphatic carboxylic acids is 1. The summed E-state index contributed by atoms with van der Waals surface area (Å²) in [7, 11) is 1.37. The molecule has 1 aromatic carbocycles. The molecule has 0 fully saturated rings. The molecule has 2 atom stereocenters. The van der Waals surface area contributed by atoms with Crippen LogP contribution in [0.3, 0.4) is 0 Å². The zero-order chi connectivity index (χ0) is 17.5. The maximum Gasteiger partial charge on any atom is 0.328 e. The Morgan fingerprint density at radius 1 is 1.33 bits per heavy atom. The lowest BCUT2D eigenvalue weighted by Crippen LogP contribution is -2.47. The quantitative estimate of drug-likeness (QED) is 0.697. The average molecular weight is 333 g/mol. The van der Waals surface area contributed by atoms with Crippen LogP contribution in [0.25, 0.3) is 0 Å². The fourth-order valence-corrected chi connectivity index (χ4v) is 2.26. The van der Waals surface area contributed by atoms with E-state index in [0.717, 1.165) is 5.56 Å². The van der Waals surface area contributed by atoms with Gasteiger partial charge in [-0.3, -0.25) is 4.79 Å². The number of methoxy groups -OCH3 is 1. The van der Waals surface area contributed by atoms with Crippen LogP contribution in [0.5, 0.6) is 0 Å².